The molecule has 0 amide bonds. The second-order valence-corrected chi connectivity index (χ2v) is 5.70. The summed E-state index contributed by atoms with van der Waals surface area (Å²) in [6, 6.07) is 3.13. The summed E-state index contributed by atoms with van der Waals surface area (Å²) in [5.74, 6) is -1.11. The molecule has 1 saturated heterocycles. The van der Waals surface area contributed by atoms with Crippen LogP contribution in [0.15, 0.2) is 18.5 Å². The lowest BCUT2D eigenvalue weighted by molar-refractivity contribution is -0.145. The molecular weight excluding hydrogens is 317 g/mol. The van der Waals surface area contributed by atoms with E-state index in [-0.39, 0.29) is 17.9 Å². The van der Waals surface area contributed by atoms with Crippen LogP contribution in [0.5, 0.6) is 5.75 Å². The number of hydrogen-bond acceptors (Lipinski definition) is 6. The number of anilines is 1. The topological polar surface area (TPSA) is 84.8 Å². The van der Waals surface area contributed by atoms with Crippen molar-refractivity contribution in [3.63, 3.8) is 0 Å². The second-order valence-electron chi connectivity index (χ2n) is 5.70. The van der Waals surface area contributed by atoms with Gasteiger partial charge in [-0.05, 0) is 25.0 Å². The van der Waals surface area contributed by atoms with Gasteiger partial charge in [0.2, 0.25) is 0 Å². The summed E-state index contributed by atoms with van der Waals surface area (Å²) in [5.41, 5.74) is -1.12. The van der Waals surface area contributed by atoms with Gasteiger partial charge in [0.25, 0.3) is 0 Å². The van der Waals surface area contributed by atoms with E-state index in [1.165, 1.54) is 26.6 Å². The van der Waals surface area contributed by atoms with Crippen LogP contribution >= 0.6 is 0 Å². The number of halogens is 1. The minimum absolute atomic E-state index is 0.0203. The molecule has 0 bridgehead atoms. The third kappa shape index (κ3) is 2.34. The lowest BCUT2D eigenvalue weighted by atomic mass is 9.97. The number of nitrogens with zero attached hydrogens (tertiary/aromatic N) is 3. The van der Waals surface area contributed by atoms with Crippen LogP contribution in [0, 0.1) is 5.82 Å². The molecule has 128 valence electrons. The molecule has 24 heavy (non-hydrogen) atoms. The number of aliphatic carboxylic acids is 1. The van der Waals surface area contributed by atoms with Crippen molar-refractivity contribution in [2.45, 2.75) is 18.4 Å². The van der Waals surface area contributed by atoms with Gasteiger partial charge in [-0.3, -0.25) is 0 Å². The molecule has 1 unspecified atom stereocenters. The van der Waals surface area contributed by atoms with E-state index < -0.39 is 17.3 Å². The number of fused-ring (bicyclic) bond motifs is 1. The maximum absolute atomic E-state index is 14.5. The molecule has 3 rings (SSSR count). The summed E-state index contributed by atoms with van der Waals surface area (Å²) in [6.45, 7) is 0.516. The zero-order chi connectivity index (χ0) is 17.3. The van der Waals surface area contributed by atoms with Crippen molar-refractivity contribution >= 4 is 22.7 Å². The van der Waals surface area contributed by atoms with Gasteiger partial charge in [0.15, 0.2) is 17.1 Å². The maximum Gasteiger partial charge on any atom is 0.332 e. The van der Waals surface area contributed by atoms with Crippen molar-refractivity contribution in [3.05, 3.63) is 24.3 Å². The normalized spacial score (nSPS) is 20.5. The number of carboxylic acid groups (broad SMARTS) is 1. The van der Waals surface area contributed by atoms with E-state index in [1.54, 1.807) is 11.0 Å². The lowest BCUT2D eigenvalue weighted by Gasteiger charge is -2.35. The molecule has 0 aliphatic carbocycles. The summed E-state index contributed by atoms with van der Waals surface area (Å²) in [6.07, 6.45) is 2.35. The molecule has 2 heterocycles. The van der Waals surface area contributed by atoms with Gasteiger partial charge in [0.05, 0.1) is 13.7 Å². The largest absolute Gasteiger partial charge is 0.494 e. The van der Waals surface area contributed by atoms with Gasteiger partial charge in [-0.1, -0.05) is 0 Å². The van der Waals surface area contributed by atoms with Crippen LogP contribution in [-0.2, 0) is 9.53 Å². The Kier molecular flexibility index (Phi) is 4.23. The van der Waals surface area contributed by atoms with Gasteiger partial charge in [-0.15, -0.1) is 0 Å². The highest BCUT2D eigenvalue weighted by atomic mass is 19.1. The minimum atomic E-state index is -1.22. The predicted molar refractivity (Wildman–Crippen MR) is 84.9 cm³/mol. The van der Waals surface area contributed by atoms with Gasteiger partial charge in [0, 0.05) is 19.0 Å². The smallest absolute Gasteiger partial charge is 0.332 e. The number of aromatic nitrogens is 2. The standard InChI is InChI=1S/C16H18FN3O4/c1-23-8-16(15(21)22)6-3-7-20(16)14-10-4-5-11(24-2)12(17)13(10)18-9-19-14/h4-5,9H,3,6-8H2,1-2H3,(H,21,22). The lowest BCUT2D eigenvalue weighted by Crippen LogP contribution is -2.54. The predicted octanol–water partition coefficient (Wildman–Crippen LogP) is 1.85. The fraction of sp³-hybridized carbons (Fsp3) is 0.438. The molecule has 2 aromatic rings. The van der Waals surface area contributed by atoms with Crippen LogP contribution in [0.3, 0.4) is 0 Å². The van der Waals surface area contributed by atoms with Crippen molar-refractivity contribution < 1.29 is 23.8 Å². The molecule has 1 aliphatic heterocycles. The Morgan fingerprint density at radius 3 is 2.88 bits per heavy atom. The van der Waals surface area contributed by atoms with Crippen LogP contribution in [-0.4, -0.2) is 54.0 Å². The van der Waals surface area contributed by atoms with E-state index in [0.29, 0.717) is 30.6 Å². The summed E-state index contributed by atoms with van der Waals surface area (Å²) in [7, 11) is 2.84. The molecule has 1 aromatic heterocycles. The van der Waals surface area contributed by atoms with Crippen molar-refractivity contribution in [1.82, 2.24) is 9.97 Å². The maximum atomic E-state index is 14.5. The molecule has 1 fully saturated rings. The molecule has 0 radical (unpaired) electrons. The summed E-state index contributed by atoms with van der Waals surface area (Å²) < 4.78 is 24.6. The van der Waals surface area contributed by atoms with Gasteiger partial charge >= 0.3 is 5.97 Å². The van der Waals surface area contributed by atoms with E-state index >= 15 is 0 Å². The number of ether oxygens (including phenoxy) is 2. The first kappa shape index (κ1) is 16.4. The summed E-state index contributed by atoms with van der Waals surface area (Å²) in [4.78, 5) is 21.8. The molecule has 1 atom stereocenters. The average Bonchev–Trinajstić information content (AvgIpc) is 3.00. The first-order valence-corrected chi connectivity index (χ1v) is 7.52. The summed E-state index contributed by atoms with van der Waals surface area (Å²) >= 11 is 0. The Morgan fingerprint density at radius 2 is 2.21 bits per heavy atom. The zero-order valence-electron chi connectivity index (χ0n) is 13.5. The molecule has 1 N–H and O–H groups in total. The highest BCUT2D eigenvalue weighted by Gasteiger charge is 2.49. The number of hydrogen-bond donors (Lipinski definition) is 1. The number of carbonyl (C=O) groups is 1. The molecule has 1 aromatic carbocycles. The molecule has 0 spiro atoms. The van der Waals surface area contributed by atoms with E-state index in [2.05, 4.69) is 9.97 Å². The Bertz CT molecular complexity index is 785. The van der Waals surface area contributed by atoms with E-state index in [4.69, 9.17) is 9.47 Å². The van der Waals surface area contributed by atoms with Crippen LogP contribution in [0.25, 0.3) is 10.9 Å². The highest BCUT2D eigenvalue weighted by molar-refractivity contribution is 5.94. The monoisotopic (exact) mass is 335 g/mol. The minimum Gasteiger partial charge on any atom is -0.494 e. The third-order valence-corrected chi connectivity index (χ3v) is 4.43. The second kappa shape index (κ2) is 6.20. The van der Waals surface area contributed by atoms with Crippen LogP contribution in [0.1, 0.15) is 12.8 Å². The molecule has 8 heteroatoms. The van der Waals surface area contributed by atoms with Crippen molar-refractivity contribution in [3.8, 4) is 5.75 Å². The SMILES string of the molecule is COCC1(C(=O)O)CCCN1c1ncnc2c(F)c(OC)ccc12. The van der Waals surface area contributed by atoms with Crippen molar-refractivity contribution in [2.24, 2.45) is 0 Å². The third-order valence-electron chi connectivity index (χ3n) is 4.43. The number of benzene rings is 1. The van der Waals surface area contributed by atoms with Crippen LogP contribution in [0.2, 0.25) is 0 Å². The van der Waals surface area contributed by atoms with Crippen molar-refractivity contribution in [1.29, 1.82) is 0 Å². The summed E-state index contributed by atoms with van der Waals surface area (Å²) in [5, 5.41) is 10.2. The van der Waals surface area contributed by atoms with Gasteiger partial charge in [0.1, 0.15) is 17.7 Å². The van der Waals surface area contributed by atoms with Gasteiger partial charge < -0.3 is 19.5 Å². The van der Waals surface area contributed by atoms with Crippen molar-refractivity contribution in [2.75, 3.05) is 32.3 Å². The molecular formula is C16H18FN3O4. The van der Waals surface area contributed by atoms with Crippen LogP contribution < -0.4 is 9.64 Å². The fourth-order valence-corrected chi connectivity index (χ4v) is 3.30. The Balaban J connectivity index is 2.18. The van der Waals surface area contributed by atoms with E-state index in [0.717, 1.165) is 0 Å². The first-order valence-electron chi connectivity index (χ1n) is 7.52. The molecule has 1 aliphatic rings. The Morgan fingerprint density at radius 1 is 1.42 bits per heavy atom. The Labute approximate surface area is 138 Å². The molecule has 7 nitrogen and oxygen atoms in total. The zero-order valence-corrected chi connectivity index (χ0v) is 13.5. The van der Waals surface area contributed by atoms with E-state index in [1.807, 2.05) is 0 Å². The number of rotatable bonds is 5. The van der Waals surface area contributed by atoms with E-state index in [9.17, 15) is 14.3 Å². The number of carboxylic acids is 1. The molecule has 0 saturated carbocycles. The van der Waals surface area contributed by atoms with Gasteiger partial charge in [-0.2, -0.15) is 0 Å². The highest BCUT2D eigenvalue weighted by Crippen LogP contribution is 2.38. The van der Waals surface area contributed by atoms with Crippen LogP contribution in [0.4, 0.5) is 10.2 Å². The first-order chi connectivity index (χ1) is 11.5. The quantitative estimate of drug-likeness (QED) is 0.892. The number of methoxy groups -OCH3 is 2. The Hall–Kier alpha value is -2.48. The van der Waals surface area contributed by atoms with Gasteiger partial charge in [-0.25, -0.2) is 19.2 Å². The average molecular weight is 335 g/mol. The fourth-order valence-electron chi connectivity index (χ4n) is 3.30.